The number of likely N-dealkylation sites (tertiary alicyclic amines) is 1. The van der Waals surface area contributed by atoms with Gasteiger partial charge in [0.05, 0.1) is 17.0 Å². The highest BCUT2D eigenvalue weighted by molar-refractivity contribution is 6.06. The van der Waals surface area contributed by atoms with E-state index in [1.165, 1.54) is 0 Å². The lowest BCUT2D eigenvalue weighted by Gasteiger charge is -2.38. The summed E-state index contributed by atoms with van der Waals surface area (Å²) in [5.74, 6) is -0.806. The highest BCUT2D eigenvalue weighted by Crippen LogP contribution is 2.31. The van der Waals surface area contributed by atoms with Crippen LogP contribution in [0.25, 0.3) is 0 Å². The van der Waals surface area contributed by atoms with Gasteiger partial charge >= 0.3 is 6.18 Å². The van der Waals surface area contributed by atoms with Crippen molar-refractivity contribution in [3.8, 4) is 0 Å². The van der Waals surface area contributed by atoms with Crippen LogP contribution in [0.15, 0.2) is 72.8 Å². The van der Waals surface area contributed by atoms with Crippen LogP contribution in [-0.4, -0.2) is 66.8 Å². The van der Waals surface area contributed by atoms with Gasteiger partial charge in [0.2, 0.25) is 5.91 Å². The van der Waals surface area contributed by atoms with E-state index in [1.807, 2.05) is 42.2 Å². The third-order valence-corrected chi connectivity index (χ3v) is 8.19. The number of nitrogens with zero attached hydrogens (tertiary/aromatic N) is 3. The van der Waals surface area contributed by atoms with Gasteiger partial charge in [-0.25, -0.2) is 0 Å². The molecule has 0 saturated carbocycles. The van der Waals surface area contributed by atoms with Gasteiger partial charge < -0.3 is 20.0 Å². The van der Waals surface area contributed by atoms with Crippen LogP contribution in [-0.2, 0) is 11.0 Å². The standard InChI is InChI=1S/C33H35F3N4O3/c1-2-27(23-8-4-3-5-9-23)31(42)40-20-18-38(19-21-40)29-15-14-26(22-28(29)32(43)39-16-6-7-17-39)37-30(41)24-10-12-25(13-11-24)33(34,35)36/h3-5,8-15,22,27H,2,6-7,16-21H2,1H3,(H,37,41). The maximum Gasteiger partial charge on any atom is 0.416 e. The molecule has 10 heteroatoms. The summed E-state index contributed by atoms with van der Waals surface area (Å²) < 4.78 is 38.8. The normalized spacial score (nSPS) is 16.2. The second-order valence-electron chi connectivity index (χ2n) is 10.9. The third kappa shape index (κ3) is 6.84. The minimum Gasteiger partial charge on any atom is -0.367 e. The Morgan fingerprint density at radius 2 is 1.47 bits per heavy atom. The predicted octanol–water partition coefficient (Wildman–Crippen LogP) is 6.04. The van der Waals surface area contributed by atoms with Crippen molar-refractivity contribution in [2.24, 2.45) is 0 Å². The van der Waals surface area contributed by atoms with Crippen LogP contribution in [0.2, 0.25) is 0 Å². The molecule has 43 heavy (non-hydrogen) atoms. The van der Waals surface area contributed by atoms with Gasteiger partial charge in [0.15, 0.2) is 0 Å². The zero-order chi connectivity index (χ0) is 30.6. The van der Waals surface area contributed by atoms with E-state index in [0.29, 0.717) is 56.9 Å². The Hall–Kier alpha value is -4.34. The van der Waals surface area contributed by atoms with Crippen molar-refractivity contribution in [2.75, 3.05) is 49.5 Å². The number of hydrogen-bond donors (Lipinski definition) is 1. The van der Waals surface area contributed by atoms with Gasteiger partial charge in [-0.2, -0.15) is 13.2 Å². The van der Waals surface area contributed by atoms with Crippen molar-refractivity contribution < 1.29 is 27.6 Å². The lowest BCUT2D eigenvalue weighted by Crippen LogP contribution is -2.50. The molecule has 0 bridgehead atoms. The van der Waals surface area contributed by atoms with Gasteiger partial charge in [0.25, 0.3) is 11.8 Å². The highest BCUT2D eigenvalue weighted by atomic mass is 19.4. The molecule has 5 rings (SSSR count). The molecule has 2 aliphatic rings. The first-order chi connectivity index (χ1) is 20.7. The smallest absolute Gasteiger partial charge is 0.367 e. The van der Waals surface area contributed by atoms with Gasteiger partial charge in [-0.1, -0.05) is 37.3 Å². The van der Waals surface area contributed by atoms with Crippen molar-refractivity contribution in [2.45, 2.75) is 38.3 Å². The van der Waals surface area contributed by atoms with Crippen LogP contribution in [0.3, 0.4) is 0 Å². The van der Waals surface area contributed by atoms with Crippen molar-refractivity contribution >= 4 is 29.1 Å². The fourth-order valence-electron chi connectivity index (χ4n) is 5.79. The molecule has 3 amide bonds. The Kier molecular flexibility index (Phi) is 9.03. The van der Waals surface area contributed by atoms with Crippen LogP contribution in [0.5, 0.6) is 0 Å². The van der Waals surface area contributed by atoms with Crippen LogP contribution < -0.4 is 10.2 Å². The monoisotopic (exact) mass is 592 g/mol. The summed E-state index contributed by atoms with van der Waals surface area (Å²) >= 11 is 0. The Labute approximate surface area is 249 Å². The molecule has 3 aromatic rings. The lowest BCUT2D eigenvalue weighted by atomic mass is 9.94. The van der Waals surface area contributed by atoms with Gasteiger partial charge in [-0.15, -0.1) is 0 Å². The molecule has 0 spiro atoms. The molecule has 2 heterocycles. The van der Waals surface area contributed by atoms with E-state index in [0.717, 1.165) is 48.4 Å². The zero-order valence-electron chi connectivity index (χ0n) is 24.1. The SMILES string of the molecule is CCC(C(=O)N1CCN(c2ccc(NC(=O)c3ccc(C(F)(F)F)cc3)cc2C(=O)N2CCCC2)CC1)c1ccccc1. The average molecular weight is 593 g/mol. The Morgan fingerprint density at radius 1 is 0.814 bits per heavy atom. The van der Waals surface area contributed by atoms with E-state index in [9.17, 15) is 27.6 Å². The molecule has 2 saturated heterocycles. The summed E-state index contributed by atoms with van der Waals surface area (Å²) in [6.07, 6.45) is -1.94. The molecule has 3 aromatic carbocycles. The number of rotatable bonds is 7. The van der Waals surface area contributed by atoms with Gasteiger partial charge in [0, 0.05) is 56.2 Å². The number of benzene rings is 3. The summed E-state index contributed by atoms with van der Waals surface area (Å²) in [6.45, 7) is 5.46. The number of carbonyl (C=O) groups excluding carboxylic acids is 3. The Bertz CT molecular complexity index is 1450. The van der Waals surface area contributed by atoms with E-state index in [2.05, 4.69) is 10.2 Å². The largest absolute Gasteiger partial charge is 0.416 e. The molecule has 1 N–H and O–H groups in total. The van der Waals surface area contributed by atoms with Crippen LogP contribution in [0, 0.1) is 0 Å². The maximum atomic E-state index is 13.6. The van der Waals surface area contributed by atoms with E-state index in [4.69, 9.17) is 0 Å². The lowest BCUT2D eigenvalue weighted by molar-refractivity contribution is -0.137. The zero-order valence-corrected chi connectivity index (χ0v) is 24.1. The maximum absolute atomic E-state index is 13.6. The number of anilines is 2. The molecule has 0 radical (unpaired) electrons. The van der Waals surface area contributed by atoms with Crippen LogP contribution >= 0.6 is 0 Å². The predicted molar refractivity (Wildman–Crippen MR) is 159 cm³/mol. The van der Waals surface area contributed by atoms with E-state index in [-0.39, 0.29) is 23.3 Å². The summed E-state index contributed by atoms with van der Waals surface area (Å²) in [7, 11) is 0. The summed E-state index contributed by atoms with van der Waals surface area (Å²) in [6, 6.07) is 18.9. The minimum absolute atomic E-state index is 0.0752. The Balaban J connectivity index is 1.32. The summed E-state index contributed by atoms with van der Waals surface area (Å²) in [5.41, 5.74) is 1.79. The molecule has 7 nitrogen and oxygen atoms in total. The first-order valence-electron chi connectivity index (χ1n) is 14.7. The van der Waals surface area contributed by atoms with Gasteiger partial charge in [-0.05, 0) is 67.3 Å². The van der Waals surface area contributed by atoms with Crippen molar-refractivity contribution in [1.82, 2.24) is 9.80 Å². The van der Waals surface area contributed by atoms with E-state index in [1.54, 1.807) is 23.1 Å². The summed E-state index contributed by atoms with van der Waals surface area (Å²) in [4.78, 5) is 45.7. The molecular formula is C33H35F3N4O3. The van der Waals surface area contributed by atoms with Crippen molar-refractivity contribution in [3.63, 3.8) is 0 Å². The van der Waals surface area contributed by atoms with Crippen molar-refractivity contribution in [3.05, 3.63) is 95.1 Å². The quantitative estimate of drug-likeness (QED) is 0.363. The first kappa shape index (κ1) is 30.1. The van der Waals surface area contributed by atoms with Gasteiger partial charge in [0.1, 0.15) is 0 Å². The Morgan fingerprint density at radius 3 is 2.07 bits per heavy atom. The topological polar surface area (TPSA) is 73.0 Å². The molecule has 2 fully saturated rings. The van der Waals surface area contributed by atoms with E-state index < -0.39 is 17.6 Å². The number of piperazine rings is 1. The van der Waals surface area contributed by atoms with Gasteiger partial charge in [-0.3, -0.25) is 14.4 Å². The molecule has 0 aliphatic carbocycles. The second kappa shape index (κ2) is 12.9. The fraction of sp³-hybridized carbons (Fsp3) is 0.364. The second-order valence-corrected chi connectivity index (χ2v) is 10.9. The molecule has 1 unspecified atom stereocenters. The highest BCUT2D eigenvalue weighted by Gasteiger charge is 2.31. The number of halogens is 3. The minimum atomic E-state index is -4.49. The van der Waals surface area contributed by atoms with Crippen LogP contribution in [0.4, 0.5) is 24.5 Å². The molecule has 226 valence electrons. The molecule has 1 atom stereocenters. The van der Waals surface area contributed by atoms with E-state index >= 15 is 0 Å². The summed E-state index contributed by atoms with van der Waals surface area (Å²) in [5, 5.41) is 2.73. The molecule has 0 aromatic heterocycles. The number of hydrogen-bond acceptors (Lipinski definition) is 4. The van der Waals surface area contributed by atoms with Crippen molar-refractivity contribution in [1.29, 1.82) is 0 Å². The first-order valence-corrected chi connectivity index (χ1v) is 14.7. The molecular weight excluding hydrogens is 557 g/mol. The van der Waals surface area contributed by atoms with Crippen LogP contribution in [0.1, 0.15) is 63.9 Å². The number of amides is 3. The third-order valence-electron chi connectivity index (χ3n) is 8.19. The average Bonchev–Trinajstić information content (AvgIpc) is 3.57. The number of nitrogens with one attached hydrogen (secondary N) is 1. The fourth-order valence-corrected chi connectivity index (χ4v) is 5.79. The molecule has 2 aliphatic heterocycles. The number of alkyl halides is 3. The number of carbonyl (C=O) groups is 3.